The van der Waals surface area contributed by atoms with E-state index in [0.29, 0.717) is 25.2 Å². The van der Waals surface area contributed by atoms with Crippen molar-refractivity contribution in [2.45, 2.75) is 19.4 Å². The minimum atomic E-state index is -0.0478. The molecule has 0 unspecified atom stereocenters. The van der Waals surface area contributed by atoms with Crippen molar-refractivity contribution >= 4 is 11.8 Å². The van der Waals surface area contributed by atoms with Crippen LogP contribution in [0.5, 0.6) is 0 Å². The van der Waals surface area contributed by atoms with Gasteiger partial charge in [-0.1, -0.05) is 24.3 Å². The molecule has 1 fully saturated rings. The fraction of sp³-hybridized carbons (Fsp3) is 0.333. The van der Waals surface area contributed by atoms with Gasteiger partial charge in [0.2, 0.25) is 5.91 Å². The lowest BCUT2D eigenvalue weighted by Crippen LogP contribution is -2.31. The van der Waals surface area contributed by atoms with Crippen LogP contribution < -0.4 is 5.32 Å². The SMILES string of the molecule is C=CCN(CC=C)C(=O)c1ccc(CNC(=O)C2CC2)cc1. The molecule has 1 aliphatic rings. The van der Waals surface area contributed by atoms with Gasteiger partial charge < -0.3 is 10.2 Å². The molecule has 1 aliphatic carbocycles. The predicted octanol–water partition coefficient (Wildman–Crippen LogP) is 2.53. The molecular weight excluding hydrogens is 276 g/mol. The molecule has 0 saturated heterocycles. The van der Waals surface area contributed by atoms with E-state index in [9.17, 15) is 9.59 Å². The summed E-state index contributed by atoms with van der Waals surface area (Å²) in [5.74, 6) is 0.295. The Morgan fingerprint density at radius 2 is 1.73 bits per heavy atom. The lowest BCUT2D eigenvalue weighted by atomic mass is 10.1. The fourth-order valence-corrected chi connectivity index (χ4v) is 2.18. The lowest BCUT2D eigenvalue weighted by molar-refractivity contribution is -0.122. The van der Waals surface area contributed by atoms with E-state index < -0.39 is 0 Å². The summed E-state index contributed by atoms with van der Waals surface area (Å²) < 4.78 is 0. The van der Waals surface area contributed by atoms with Crippen molar-refractivity contribution in [2.24, 2.45) is 5.92 Å². The first-order valence-electron chi connectivity index (χ1n) is 7.53. The lowest BCUT2D eigenvalue weighted by Gasteiger charge is -2.19. The molecule has 0 heterocycles. The number of carbonyl (C=O) groups excluding carboxylic acids is 2. The van der Waals surface area contributed by atoms with Crippen molar-refractivity contribution in [1.29, 1.82) is 0 Å². The van der Waals surface area contributed by atoms with Crippen molar-refractivity contribution in [3.63, 3.8) is 0 Å². The van der Waals surface area contributed by atoms with Gasteiger partial charge in [0.15, 0.2) is 0 Å². The Hall–Kier alpha value is -2.36. The number of benzene rings is 1. The zero-order chi connectivity index (χ0) is 15.9. The highest BCUT2D eigenvalue weighted by molar-refractivity contribution is 5.94. The van der Waals surface area contributed by atoms with E-state index in [2.05, 4.69) is 18.5 Å². The van der Waals surface area contributed by atoms with Crippen LogP contribution in [0.2, 0.25) is 0 Å². The molecule has 2 amide bonds. The quantitative estimate of drug-likeness (QED) is 0.750. The first-order valence-corrected chi connectivity index (χ1v) is 7.53. The molecule has 116 valence electrons. The average Bonchev–Trinajstić information content (AvgIpc) is 3.37. The first kappa shape index (κ1) is 16.0. The summed E-state index contributed by atoms with van der Waals surface area (Å²) in [6.07, 6.45) is 5.40. The molecule has 1 aromatic carbocycles. The fourth-order valence-electron chi connectivity index (χ4n) is 2.18. The number of hydrogen-bond acceptors (Lipinski definition) is 2. The summed E-state index contributed by atoms with van der Waals surface area (Å²) in [6.45, 7) is 8.82. The van der Waals surface area contributed by atoms with Gasteiger partial charge >= 0.3 is 0 Å². The Bertz CT molecular complexity index is 549. The minimum absolute atomic E-state index is 0.0478. The molecular formula is C18H22N2O2. The molecule has 0 radical (unpaired) electrons. The molecule has 0 spiro atoms. The van der Waals surface area contributed by atoms with Gasteiger partial charge in [-0.25, -0.2) is 0 Å². The molecule has 2 rings (SSSR count). The van der Waals surface area contributed by atoms with Crippen LogP contribution in [0, 0.1) is 5.92 Å². The third kappa shape index (κ3) is 4.32. The maximum Gasteiger partial charge on any atom is 0.254 e. The van der Waals surface area contributed by atoms with Gasteiger partial charge in [0, 0.05) is 31.1 Å². The van der Waals surface area contributed by atoms with Crippen molar-refractivity contribution in [2.75, 3.05) is 13.1 Å². The monoisotopic (exact) mass is 298 g/mol. The number of nitrogens with zero attached hydrogens (tertiary/aromatic N) is 1. The second-order valence-electron chi connectivity index (χ2n) is 5.48. The van der Waals surface area contributed by atoms with E-state index in [4.69, 9.17) is 0 Å². The zero-order valence-electron chi connectivity index (χ0n) is 12.8. The normalized spacial score (nSPS) is 13.3. The van der Waals surface area contributed by atoms with Gasteiger partial charge in [-0.05, 0) is 30.5 Å². The summed E-state index contributed by atoms with van der Waals surface area (Å²) in [5.41, 5.74) is 1.62. The molecule has 0 bridgehead atoms. The van der Waals surface area contributed by atoms with E-state index in [0.717, 1.165) is 18.4 Å². The molecule has 0 aromatic heterocycles. The number of nitrogens with one attached hydrogen (secondary N) is 1. The van der Waals surface area contributed by atoms with Crippen LogP contribution in [0.3, 0.4) is 0 Å². The Morgan fingerprint density at radius 1 is 1.14 bits per heavy atom. The Morgan fingerprint density at radius 3 is 2.23 bits per heavy atom. The van der Waals surface area contributed by atoms with Crippen LogP contribution in [-0.4, -0.2) is 29.8 Å². The highest BCUT2D eigenvalue weighted by Crippen LogP contribution is 2.28. The van der Waals surface area contributed by atoms with Crippen LogP contribution in [0.25, 0.3) is 0 Å². The van der Waals surface area contributed by atoms with Crippen LogP contribution in [0.15, 0.2) is 49.6 Å². The maximum atomic E-state index is 12.4. The van der Waals surface area contributed by atoms with Crippen LogP contribution >= 0.6 is 0 Å². The van der Waals surface area contributed by atoms with Gasteiger partial charge in [-0.15, -0.1) is 13.2 Å². The Labute approximate surface area is 131 Å². The third-order valence-electron chi connectivity index (χ3n) is 3.60. The molecule has 1 saturated carbocycles. The molecule has 1 N–H and O–H groups in total. The highest BCUT2D eigenvalue weighted by atomic mass is 16.2. The molecule has 22 heavy (non-hydrogen) atoms. The van der Waals surface area contributed by atoms with Gasteiger partial charge in [-0.3, -0.25) is 9.59 Å². The van der Waals surface area contributed by atoms with E-state index in [1.54, 1.807) is 29.2 Å². The predicted molar refractivity (Wildman–Crippen MR) is 87.3 cm³/mol. The summed E-state index contributed by atoms with van der Waals surface area (Å²) in [6, 6.07) is 7.33. The van der Waals surface area contributed by atoms with Crippen molar-refractivity contribution < 1.29 is 9.59 Å². The van der Waals surface area contributed by atoms with Gasteiger partial charge in [0.25, 0.3) is 5.91 Å². The van der Waals surface area contributed by atoms with Crippen LogP contribution in [0.4, 0.5) is 0 Å². The van der Waals surface area contributed by atoms with Crippen molar-refractivity contribution in [3.05, 3.63) is 60.7 Å². The van der Waals surface area contributed by atoms with Gasteiger partial charge in [0.1, 0.15) is 0 Å². The first-order chi connectivity index (χ1) is 10.7. The number of rotatable bonds is 8. The number of carbonyl (C=O) groups is 2. The number of hydrogen-bond donors (Lipinski definition) is 1. The minimum Gasteiger partial charge on any atom is -0.352 e. The maximum absolute atomic E-state index is 12.4. The summed E-state index contributed by atoms with van der Waals surface area (Å²) in [4.78, 5) is 25.6. The van der Waals surface area contributed by atoms with E-state index >= 15 is 0 Å². The van der Waals surface area contributed by atoms with Crippen LogP contribution in [0.1, 0.15) is 28.8 Å². The molecule has 4 heteroatoms. The molecule has 0 atom stereocenters. The van der Waals surface area contributed by atoms with Gasteiger partial charge in [-0.2, -0.15) is 0 Å². The second-order valence-corrected chi connectivity index (χ2v) is 5.48. The smallest absolute Gasteiger partial charge is 0.254 e. The molecule has 1 aromatic rings. The van der Waals surface area contributed by atoms with Crippen molar-refractivity contribution in [1.82, 2.24) is 10.2 Å². The van der Waals surface area contributed by atoms with Crippen molar-refractivity contribution in [3.8, 4) is 0 Å². The van der Waals surface area contributed by atoms with Crippen LogP contribution in [-0.2, 0) is 11.3 Å². The summed E-state index contributed by atoms with van der Waals surface area (Å²) >= 11 is 0. The summed E-state index contributed by atoms with van der Waals surface area (Å²) in [7, 11) is 0. The highest BCUT2D eigenvalue weighted by Gasteiger charge is 2.29. The summed E-state index contributed by atoms with van der Waals surface area (Å²) in [5, 5.41) is 2.91. The van der Waals surface area contributed by atoms with E-state index in [1.165, 1.54) is 0 Å². The van der Waals surface area contributed by atoms with E-state index in [-0.39, 0.29) is 17.7 Å². The second kappa shape index (κ2) is 7.59. The largest absolute Gasteiger partial charge is 0.352 e. The van der Waals surface area contributed by atoms with Gasteiger partial charge in [0.05, 0.1) is 0 Å². The molecule has 4 nitrogen and oxygen atoms in total. The zero-order valence-corrected chi connectivity index (χ0v) is 12.8. The topological polar surface area (TPSA) is 49.4 Å². The third-order valence-corrected chi connectivity index (χ3v) is 3.60. The Balaban J connectivity index is 1.94. The number of amides is 2. The standard InChI is InChI=1S/C18H22N2O2/c1-3-11-20(12-4-2)18(22)16-7-5-14(6-8-16)13-19-17(21)15-9-10-15/h3-8,15H,1-2,9-13H2,(H,19,21). The average molecular weight is 298 g/mol. The Kier molecular flexibility index (Phi) is 5.53. The molecule has 0 aliphatic heterocycles. The van der Waals surface area contributed by atoms with E-state index in [1.807, 2.05) is 12.1 Å².